The molecule has 3 amide bonds. The number of hydrogen-bond donors (Lipinski definition) is 4. The summed E-state index contributed by atoms with van der Waals surface area (Å²) in [4.78, 5) is 43.9. The maximum Gasteiger partial charge on any atom is 0.262 e. The molecule has 198 valence electrons. The van der Waals surface area contributed by atoms with E-state index in [-0.39, 0.29) is 18.2 Å². The number of nitrogens with zero attached hydrogens (tertiary/aromatic N) is 1. The molecule has 0 atom stereocenters. The maximum absolute atomic E-state index is 14.0. The zero-order valence-electron chi connectivity index (χ0n) is 22.1. The second kappa shape index (κ2) is 11.9. The van der Waals surface area contributed by atoms with E-state index in [2.05, 4.69) is 10.3 Å². The fourth-order valence-electron chi connectivity index (χ4n) is 5.20. The number of carbonyl (C=O) groups excluding carboxylic acids is 3. The Hall–Kier alpha value is -4.17. The van der Waals surface area contributed by atoms with E-state index in [1.807, 2.05) is 75.5 Å². The molecule has 1 aromatic heterocycles. The maximum atomic E-state index is 14.0. The molecule has 0 spiro atoms. The lowest BCUT2D eigenvalue weighted by Crippen LogP contribution is -2.32. The second-order valence-corrected chi connectivity index (χ2v) is 9.38. The molecule has 4 rings (SSSR count). The molecule has 0 radical (unpaired) electrons. The van der Waals surface area contributed by atoms with Gasteiger partial charge in [-0.25, -0.2) is 5.48 Å². The highest BCUT2D eigenvalue weighted by Gasteiger charge is 2.41. The number of carbonyl (C=O) groups is 3. The van der Waals surface area contributed by atoms with Gasteiger partial charge < -0.3 is 10.3 Å². The highest BCUT2D eigenvalue weighted by atomic mass is 16.5. The van der Waals surface area contributed by atoms with Crippen LogP contribution in [0.4, 0.5) is 5.69 Å². The predicted molar refractivity (Wildman–Crippen MR) is 149 cm³/mol. The molecule has 2 heterocycles. The Morgan fingerprint density at radius 1 is 1.00 bits per heavy atom. The van der Waals surface area contributed by atoms with Crippen LogP contribution in [0.2, 0.25) is 0 Å². The zero-order chi connectivity index (χ0) is 27.2. The van der Waals surface area contributed by atoms with Crippen molar-refractivity contribution in [1.29, 1.82) is 0 Å². The number of para-hydroxylation sites is 2. The van der Waals surface area contributed by atoms with Crippen LogP contribution in [-0.2, 0) is 14.4 Å². The number of fused-ring (bicyclic) bond motifs is 1. The van der Waals surface area contributed by atoms with Gasteiger partial charge in [0.05, 0.1) is 11.1 Å². The lowest BCUT2D eigenvalue weighted by atomic mass is 9.90. The van der Waals surface area contributed by atoms with Crippen molar-refractivity contribution < 1.29 is 19.6 Å². The molecule has 0 fully saturated rings. The van der Waals surface area contributed by atoms with E-state index >= 15 is 0 Å². The first-order chi connectivity index (χ1) is 18.4. The summed E-state index contributed by atoms with van der Waals surface area (Å²) in [6.07, 6.45) is 4.91. The van der Waals surface area contributed by atoms with Crippen LogP contribution in [0.1, 0.15) is 55.8 Å². The SMILES string of the molecule is CC=C(C1=C(c2c(C)[nH]c3ccccc23)C(=O)N(CCCCCCC(=O)NO)C1=O)c1ccccc1NC. The number of hydrogen-bond acceptors (Lipinski definition) is 5. The van der Waals surface area contributed by atoms with Gasteiger partial charge in [0.25, 0.3) is 11.8 Å². The number of aromatic nitrogens is 1. The van der Waals surface area contributed by atoms with E-state index in [0.717, 1.165) is 46.3 Å². The minimum atomic E-state index is -0.414. The Kier molecular flexibility index (Phi) is 8.43. The molecule has 0 aliphatic carbocycles. The van der Waals surface area contributed by atoms with Gasteiger partial charge in [-0.3, -0.25) is 24.5 Å². The van der Waals surface area contributed by atoms with E-state index in [0.29, 0.717) is 36.1 Å². The van der Waals surface area contributed by atoms with E-state index in [1.165, 1.54) is 4.90 Å². The van der Waals surface area contributed by atoms with E-state index < -0.39 is 5.91 Å². The number of rotatable bonds is 11. The number of aryl methyl sites for hydroxylation is 1. The highest BCUT2D eigenvalue weighted by Crippen LogP contribution is 2.42. The van der Waals surface area contributed by atoms with Crippen LogP contribution in [0.5, 0.6) is 0 Å². The first-order valence-corrected chi connectivity index (χ1v) is 13.0. The number of allylic oxidation sites excluding steroid dienone is 1. The summed E-state index contributed by atoms with van der Waals surface area (Å²) in [7, 11) is 1.84. The first-order valence-electron chi connectivity index (χ1n) is 13.0. The number of unbranched alkanes of at least 4 members (excludes halogenated alkanes) is 3. The fourth-order valence-corrected chi connectivity index (χ4v) is 5.20. The molecule has 4 N–H and O–H groups in total. The van der Waals surface area contributed by atoms with Crippen LogP contribution in [0, 0.1) is 6.92 Å². The molecule has 0 unspecified atom stereocenters. The van der Waals surface area contributed by atoms with Crippen molar-refractivity contribution in [2.75, 3.05) is 18.9 Å². The zero-order valence-corrected chi connectivity index (χ0v) is 22.1. The van der Waals surface area contributed by atoms with Gasteiger partial charge in [-0.15, -0.1) is 0 Å². The van der Waals surface area contributed by atoms with E-state index in [1.54, 1.807) is 5.48 Å². The Bertz CT molecular complexity index is 1430. The predicted octanol–water partition coefficient (Wildman–Crippen LogP) is 5.20. The standard InChI is InChI=1S/C30H34N4O4/c1-4-20(21-13-8-10-15-23(21)31-3)27-28(26-19(2)32-24-16-11-9-14-22(24)26)30(37)34(29(27)36)18-12-6-5-7-17-25(35)33-38/h4,8-11,13-16,31-32,38H,5-7,12,17-18H2,1-3H3,(H,33,35). The van der Waals surface area contributed by atoms with Crippen LogP contribution >= 0.6 is 0 Å². The van der Waals surface area contributed by atoms with Gasteiger partial charge in [-0.2, -0.15) is 0 Å². The summed E-state index contributed by atoms with van der Waals surface area (Å²) in [6.45, 7) is 4.11. The topological polar surface area (TPSA) is 115 Å². The Balaban J connectivity index is 1.73. The Morgan fingerprint density at radius 3 is 2.45 bits per heavy atom. The minimum absolute atomic E-state index is 0.239. The van der Waals surface area contributed by atoms with Crippen LogP contribution in [-0.4, -0.2) is 46.4 Å². The molecule has 2 aromatic carbocycles. The van der Waals surface area contributed by atoms with Crippen molar-refractivity contribution >= 4 is 45.5 Å². The summed E-state index contributed by atoms with van der Waals surface area (Å²) in [6, 6.07) is 15.6. The Morgan fingerprint density at radius 2 is 1.71 bits per heavy atom. The first kappa shape index (κ1) is 26.9. The number of aromatic amines is 1. The number of imide groups is 1. The lowest BCUT2D eigenvalue weighted by Gasteiger charge is -2.17. The van der Waals surface area contributed by atoms with Crippen molar-refractivity contribution in [3.8, 4) is 0 Å². The number of benzene rings is 2. The molecule has 1 aliphatic rings. The number of H-pyrrole nitrogens is 1. The van der Waals surface area contributed by atoms with Crippen molar-refractivity contribution in [2.24, 2.45) is 0 Å². The van der Waals surface area contributed by atoms with Crippen LogP contribution < -0.4 is 10.8 Å². The van der Waals surface area contributed by atoms with Crippen molar-refractivity contribution in [3.05, 3.63) is 77.0 Å². The summed E-state index contributed by atoms with van der Waals surface area (Å²) in [5, 5.41) is 12.7. The molecule has 0 saturated carbocycles. The number of nitrogens with one attached hydrogen (secondary N) is 3. The van der Waals surface area contributed by atoms with Gasteiger partial charge in [0, 0.05) is 53.4 Å². The molecule has 8 nitrogen and oxygen atoms in total. The van der Waals surface area contributed by atoms with Gasteiger partial charge in [0.1, 0.15) is 0 Å². The molecule has 3 aromatic rings. The van der Waals surface area contributed by atoms with Gasteiger partial charge in [-0.1, -0.05) is 55.3 Å². The van der Waals surface area contributed by atoms with Crippen LogP contribution in [0.15, 0.2) is 60.2 Å². The van der Waals surface area contributed by atoms with E-state index in [4.69, 9.17) is 5.21 Å². The average molecular weight is 515 g/mol. The third-order valence-electron chi connectivity index (χ3n) is 7.02. The monoisotopic (exact) mass is 514 g/mol. The molecule has 0 bridgehead atoms. The summed E-state index contributed by atoms with van der Waals surface area (Å²) < 4.78 is 0. The summed E-state index contributed by atoms with van der Waals surface area (Å²) in [5.41, 5.74) is 7.41. The van der Waals surface area contributed by atoms with Crippen molar-refractivity contribution in [1.82, 2.24) is 15.4 Å². The van der Waals surface area contributed by atoms with Gasteiger partial charge >= 0.3 is 0 Å². The number of hydroxylamine groups is 1. The van der Waals surface area contributed by atoms with Gasteiger partial charge in [-0.05, 0) is 44.4 Å². The quantitative estimate of drug-likeness (QED) is 0.122. The molecule has 1 aliphatic heterocycles. The third-order valence-corrected chi connectivity index (χ3v) is 7.02. The summed E-state index contributed by atoms with van der Waals surface area (Å²) >= 11 is 0. The molecular weight excluding hydrogens is 480 g/mol. The van der Waals surface area contributed by atoms with E-state index in [9.17, 15) is 14.4 Å². The largest absolute Gasteiger partial charge is 0.388 e. The molecular formula is C30H34N4O4. The van der Waals surface area contributed by atoms with Crippen molar-refractivity contribution in [2.45, 2.75) is 46.0 Å². The lowest BCUT2D eigenvalue weighted by molar-refractivity contribution is -0.136. The minimum Gasteiger partial charge on any atom is -0.388 e. The Labute approximate surface area is 222 Å². The molecule has 8 heteroatoms. The number of anilines is 1. The van der Waals surface area contributed by atoms with Crippen LogP contribution in [0.25, 0.3) is 22.0 Å². The highest BCUT2D eigenvalue weighted by molar-refractivity contribution is 6.42. The van der Waals surface area contributed by atoms with Crippen molar-refractivity contribution in [3.63, 3.8) is 0 Å². The molecule has 0 saturated heterocycles. The normalized spacial score (nSPS) is 14.1. The summed E-state index contributed by atoms with van der Waals surface area (Å²) in [5.74, 6) is -1.00. The third kappa shape index (κ3) is 5.13. The van der Waals surface area contributed by atoms with Gasteiger partial charge in [0.15, 0.2) is 0 Å². The average Bonchev–Trinajstić information content (AvgIpc) is 3.38. The number of amides is 3. The van der Waals surface area contributed by atoms with Gasteiger partial charge in [0.2, 0.25) is 5.91 Å². The fraction of sp³-hybridized carbons (Fsp3) is 0.300. The second-order valence-electron chi connectivity index (χ2n) is 9.38. The van der Waals surface area contributed by atoms with Crippen LogP contribution in [0.3, 0.4) is 0 Å². The smallest absolute Gasteiger partial charge is 0.262 e. The molecule has 38 heavy (non-hydrogen) atoms.